The second kappa shape index (κ2) is 16.2. The molecule has 0 N–H and O–H groups in total. The molecule has 0 aliphatic heterocycles. The third kappa shape index (κ3) is 8.95. The molecular weight excluding hydrogens is 546 g/mol. The van der Waals surface area contributed by atoms with E-state index in [1.807, 2.05) is 9.27 Å². The first-order valence-electron chi connectivity index (χ1n) is 13.1. The second-order valence-electron chi connectivity index (χ2n) is 9.99. The van der Waals surface area contributed by atoms with Crippen LogP contribution in [0.1, 0.15) is 88.7 Å². The Kier molecular flexibility index (Phi) is 14.1. The molecule has 0 heterocycles. The molecule has 3 heteroatoms. The van der Waals surface area contributed by atoms with E-state index < -0.39 is 0 Å². The van der Waals surface area contributed by atoms with E-state index in [0.29, 0.717) is 0 Å². The van der Waals surface area contributed by atoms with Crippen LogP contribution in [0.4, 0.5) is 0 Å². The predicted octanol–water partition coefficient (Wildman–Crippen LogP) is 2.63. The molecule has 35 heavy (non-hydrogen) atoms. The van der Waals surface area contributed by atoms with Gasteiger partial charge >= 0.3 is 103 Å². The summed E-state index contributed by atoms with van der Waals surface area (Å²) in [7, 11) is 0. The molecule has 0 bridgehead atoms. The summed E-state index contributed by atoms with van der Waals surface area (Å²) >= 11 is 1.77. The molecule has 0 nitrogen and oxygen atoms in total. The largest absolute Gasteiger partial charge is 0.179 e. The smallest absolute Gasteiger partial charge is 0.0253 e. The molecule has 4 aliphatic rings. The van der Waals surface area contributed by atoms with Gasteiger partial charge in [0.2, 0.25) is 0 Å². The minimum absolute atomic E-state index is 0. The number of benzene rings is 2. The van der Waals surface area contributed by atoms with Crippen molar-refractivity contribution in [1.29, 1.82) is 0 Å². The van der Waals surface area contributed by atoms with E-state index in [4.69, 9.17) is 0 Å². The fourth-order valence-electron chi connectivity index (χ4n) is 5.67. The first-order chi connectivity index (χ1) is 16.2. The Morgan fingerprint density at radius 1 is 0.800 bits per heavy atom. The molecule has 186 valence electrons. The average molecular weight is 585 g/mol. The van der Waals surface area contributed by atoms with Gasteiger partial charge in [0, 0.05) is 0 Å². The number of fused-ring (bicyclic) bond motifs is 3. The SMILES string of the molecule is CC1=[C-]CC=C1.[Cl-].[Cl-].[Zr+2]=[C](C1CCCCC1)C1CCCCC1.[c-]1cccc2c1Cc1ccccc1-2. The van der Waals surface area contributed by atoms with Gasteiger partial charge in [-0.05, 0) is 6.42 Å². The van der Waals surface area contributed by atoms with Crippen LogP contribution in [0.25, 0.3) is 11.1 Å². The van der Waals surface area contributed by atoms with Crippen LogP contribution in [0.3, 0.4) is 0 Å². The predicted molar refractivity (Wildman–Crippen MR) is 138 cm³/mol. The maximum Gasteiger partial charge on any atom is -0.0253 e. The standard InChI is InChI=1S/C13H9.C13H22.C6H7.2ClH.Zr/c1-3-7-12-10(5-1)9-11-6-2-4-8-13(11)12;1-3-7-12(8-4-1)11-13-9-5-2-6-10-13;1-6-4-2-3-5-6;;;/h1-5,7-8H,9H2;12-13H,1-10H2;2,4H,3H2,1H3;2*1H;/q-1;;-1;;;+2/p-2. The zero-order valence-corrected chi connectivity index (χ0v) is 25.1. The van der Waals surface area contributed by atoms with Gasteiger partial charge in [-0.25, -0.2) is 11.6 Å². The molecule has 6 rings (SSSR count). The summed E-state index contributed by atoms with van der Waals surface area (Å²) in [6, 6.07) is 18.1. The van der Waals surface area contributed by atoms with Crippen molar-refractivity contribution in [1.82, 2.24) is 0 Å². The number of hydrogen-bond donors (Lipinski definition) is 0. The summed E-state index contributed by atoms with van der Waals surface area (Å²) < 4.78 is 1.97. The summed E-state index contributed by atoms with van der Waals surface area (Å²) in [6.45, 7) is 2.06. The number of halogens is 2. The summed E-state index contributed by atoms with van der Waals surface area (Å²) in [5.74, 6) is 2.09. The van der Waals surface area contributed by atoms with Crippen molar-refractivity contribution >= 4 is 3.21 Å². The van der Waals surface area contributed by atoms with Gasteiger partial charge in [-0.2, -0.15) is 35.9 Å². The van der Waals surface area contributed by atoms with Gasteiger partial charge in [-0.1, -0.05) is 42.3 Å². The van der Waals surface area contributed by atoms with Crippen LogP contribution in [-0.2, 0) is 30.7 Å². The molecule has 0 unspecified atom stereocenters. The maximum atomic E-state index is 3.30. The van der Waals surface area contributed by atoms with Crippen LogP contribution in [0, 0.1) is 24.0 Å². The van der Waals surface area contributed by atoms with Gasteiger partial charge in [0.25, 0.3) is 0 Å². The van der Waals surface area contributed by atoms with Crippen molar-refractivity contribution in [3.63, 3.8) is 0 Å². The Balaban J connectivity index is 0.000000192. The van der Waals surface area contributed by atoms with Gasteiger partial charge in [0.05, 0.1) is 0 Å². The molecular formula is C32H38Cl2Zr-2. The van der Waals surface area contributed by atoms with E-state index in [-0.39, 0.29) is 24.8 Å². The molecule has 0 saturated heterocycles. The molecule has 0 spiro atoms. The van der Waals surface area contributed by atoms with Gasteiger partial charge in [0.15, 0.2) is 0 Å². The molecule has 2 saturated carbocycles. The van der Waals surface area contributed by atoms with Crippen molar-refractivity contribution in [2.75, 3.05) is 0 Å². The molecule has 2 fully saturated rings. The van der Waals surface area contributed by atoms with Crippen LogP contribution in [-0.4, -0.2) is 3.21 Å². The van der Waals surface area contributed by atoms with Gasteiger partial charge < -0.3 is 24.8 Å². The van der Waals surface area contributed by atoms with Gasteiger partial charge in [-0.15, -0.1) is 12.0 Å². The molecule has 0 amide bonds. The number of rotatable bonds is 2. The van der Waals surface area contributed by atoms with Crippen molar-refractivity contribution in [2.45, 2.75) is 84.0 Å². The van der Waals surface area contributed by atoms with E-state index in [2.05, 4.69) is 67.6 Å². The van der Waals surface area contributed by atoms with Crippen LogP contribution in [0.2, 0.25) is 0 Å². The Morgan fingerprint density at radius 2 is 1.40 bits per heavy atom. The molecule has 2 aromatic carbocycles. The normalized spacial score (nSPS) is 18.3. The van der Waals surface area contributed by atoms with Gasteiger partial charge in [-0.3, -0.25) is 6.08 Å². The summed E-state index contributed by atoms with van der Waals surface area (Å²) in [5.41, 5.74) is 6.78. The summed E-state index contributed by atoms with van der Waals surface area (Å²) in [4.78, 5) is 0. The van der Waals surface area contributed by atoms with Crippen molar-refractivity contribution < 1.29 is 49.0 Å². The Morgan fingerprint density at radius 3 is 1.94 bits per heavy atom. The summed E-state index contributed by atoms with van der Waals surface area (Å²) in [6.07, 6.45) is 24.5. The second-order valence-corrected chi connectivity index (χ2v) is 11.4. The number of allylic oxidation sites excluding steroid dienone is 4. The Hall–Kier alpha value is -0.747. The van der Waals surface area contributed by atoms with E-state index in [1.54, 1.807) is 24.2 Å². The third-order valence-electron chi connectivity index (χ3n) is 7.57. The van der Waals surface area contributed by atoms with Crippen LogP contribution in [0.15, 0.2) is 60.2 Å². The monoisotopic (exact) mass is 582 g/mol. The maximum absolute atomic E-state index is 3.30. The van der Waals surface area contributed by atoms with Crippen LogP contribution in [0.5, 0.6) is 0 Å². The van der Waals surface area contributed by atoms with Gasteiger partial charge in [0.1, 0.15) is 0 Å². The van der Waals surface area contributed by atoms with E-state index in [9.17, 15) is 0 Å². The van der Waals surface area contributed by atoms with Crippen LogP contribution < -0.4 is 24.8 Å². The first kappa shape index (κ1) is 30.5. The number of hydrogen-bond acceptors (Lipinski definition) is 0. The minimum atomic E-state index is 0. The van der Waals surface area contributed by atoms with E-state index >= 15 is 0 Å². The Bertz CT molecular complexity index is 912. The molecule has 2 aromatic rings. The molecule has 0 atom stereocenters. The van der Waals surface area contributed by atoms with Crippen molar-refractivity contribution in [3.8, 4) is 11.1 Å². The zero-order valence-electron chi connectivity index (χ0n) is 21.1. The fourth-order valence-corrected chi connectivity index (χ4v) is 7.09. The van der Waals surface area contributed by atoms with Crippen molar-refractivity contribution in [2.24, 2.45) is 11.8 Å². The Labute approximate surface area is 241 Å². The molecule has 0 aromatic heterocycles. The molecule has 4 aliphatic carbocycles. The third-order valence-corrected chi connectivity index (χ3v) is 9.58. The fraction of sp³-hybridized carbons (Fsp3) is 0.469. The quantitative estimate of drug-likeness (QED) is 0.407. The summed E-state index contributed by atoms with van der Waals surface area (Å²) in [5, 5.41) is 0. The zero-order chi connectivity index (χ0) is 22.9. The molecule has 0 radical (unpaired) electrons. The van der Waals surface area contributed by atoms with E-state index in [1.165, 1.54) is 92.0 Å². The minimum Gasteiger partial charge on any atom is -0.179 e. The van der Waals surface area contributed by atoms with Crippen molar-refractivity contribution in [3.05, 3.63) is 83.5 Å². The average Bonchev–Trinajstić information content (AvgIpc) is 3.52. The van der Waals surface area contributed by atoms with Crippen LogP contribution >= 0.6 is 0 Å². The topological polar surface area (TPSA) is 0 Å². The first-order valence-corrected chi connectivity index (χ1v) is 14.4. The van der Waals surface area contributed by atoms with E-state index in [0.717, 1.165) is 24.7 Å².